The molecule has 2 nitrogen and oxygen atoms in total. The Morgan fingerprint density at radius 1 is 1.38 bits per heavy atom. The summed E-state index contributed by atoms with van der Waals surface area (Å²) in [7, 11) is 0. The van der Waals surface area contributed by atoms with E-state index in [0.29, 0.717) is 11.6 Å². The van der Waals surface area contributed by atoms with Gasteiger partial charge in [-0.15, -0.1) is 0 Å². The summed E-state index contributed by atoms with van der Waals surface area (Å²) in [5.74, 6) is 1.67. The summed E-state index contributed by atoms with van der Waals surface area (Å²) < 4.78 is 0. The Morgan fingerprint density at radius 3 is 2.31 bits per heavy atom. The van der Waals surface area contributed by atoms with Crippen LogP contribution in [0, 0.1) is 11.8 Å². The predicted molar refractivity (Wildman–Crippen MR) is 55.5 cm³/mol. The van der Waals surface area contributed by atoms with Crippen LogP contribution in [0.1, 0.15) is 34.1 Å². The molecule has 0 amide bonds. The van der Waals surface area contributed by atoms with Crippen LogP contribution in [0.25, 0.3) is 0 Å². The summed E-state index contributed by atoms with van der Waals surface area (Å²) in [6.45, 7) is 10.2. The fraction of sp³-hybridized carbons (Fsp3) is 1.00. The Balaban J connectivity index is 2.15. The third kappa shape index (κ3) is 1.31. The highest BCUT2D eigenvalue weighted by molar-refractivity contribution is 5.12. The molecule has 0 aromatic rings. The van der Waals surface area contributed by atoms with Crippen molar-refractivity contribution in [1.29, 1.82) is 0 Å². The van der Waals surface area contributed by atoms with Gasteiger partial charge in [-0.25, -0.2) is 0 Å². The molecule has 2 fully saturated rings. The maximum atomic E-state index is 5.82. The fourth-order valence-corrected chi connectivity index (χ4v) is 3.33. The number of likely N-dealkylation sites (tertiary alicyclic amines) is 1. The number of hydrogen-bond donors (Lipinski definition) is 1. The Morgan fingerprint density at radius 2 is 2.00 bits per heavy atom. The lowest BCUT2D eigenvalue weighted by molar-refractivity contribution is 0.0888. The first kappa shape index (κ1) is 9.47. The number of hydrogen-bond acceptors (Lipinski definition) is 2. The van der Waals surface area contributed by atoms with Gasteiger partial charge in [0.15, 0.2) is 0 Å². The zero-order valence-electron chi connectivity index (χ0n) is 9.25. The highest BCUT2D eigenvalue weighted by Gasteiger charge is 2.58. The zero-order chi connectivity index (χ0) is 9.80. The Kier molecular flexibility index (Phi) is 1.97. The van der Waals surface area contributed by atoms with E-state index in [0.717, 1.165) is 24.4 Å². The van der Waals surface area contributed by atoms with E-state index in [2.05, 4.69) is 32.6 Å². The van der Waals surface area contributed by atoms with E-state index in [1.165, 1.54) is 6.42 Å². The van der Waals surface area contributed by atoms with Crippen molar-refractivity contribution in [3.8, 4) is 0 Å². The van der Waals surface area contributed by atoms with Gasteiger partial charge < -0.3 is 5.73 Å². The minimum atomic E-state index is 0.322. The van der Waals surface area contributed by atoms with E-state index < -0.39 is 0 Å². The van der Waals surface area contributed by atoms with E-state index in [9.17, 15) is 0 Å². The van der Waals surface area contributed by atoms with Crippen molar-refractivity contribution in [3.63, 3.8) is 0 Å². The van der Waals surface area contributed by atoms with Crippen molar-refractivity contribution >= 4 is 0 Å². The number of nitrogens with zero attached hydrogens (tertiary/aromatic N) is 1. The van der Waals surface area contributed by atoms with Gasteiger partial charge in [0.2, 0.25) is 0 Å². The molecule has 0 aromatic heterocycles. The van der Waals surface area contributed by atoms with Crippen molar-refractivity contribution in [1.82, 2.24) is 4.90 Å². The molecule has 1 aliphatic carbocycles. The van der Waals surface area contributed by atoms with E-state index in [4.69, 9.17) is 5.73 Å². The van der Waals surface area contributed by atoms with Gasteiger partial charge in [-0.05, 0) is 52.5 Å². The number of rotatable bonds is 1. The topological polar surface area (TPSA) is 29.3 Å². The van der Waals surface area contributed by atoms with Gasteiger partial charge >= 0.3 is 0 Å². The van der Waals surface area contributed by atoms with Crippen molar-refractivity contribution in [3.05, 3.63) is 0 Å². The summed E-state index contributed by atoms with van der Waals surface area (Å²) in [5.41, 5.74) is 6.14. The molecular weight excluding hydrogens is 160 g/mol. The minimum Gasteiger partial charge on any atom is -0.330 e. The lowest BCUT2D eigenvalue weighted by Crippen LogP contribution is -2.48. The first-order valence-corrected chi connectivity index (χ1v) is 5.45. The number of nitrogens with two attached hydrogens (primary N) is 1. The molecule has 2 unspecified atom stereocenters. The molecule has 4 atom stereocenters. The van der Waals surface area contributed by atoms with E-state index in [-0.39, 0.29) is 0 Å². The zero-order valence-corrected chi connectivity index (χ0v) is 9.25. The highest BCUT2D eigenvalue weighted by atomic mass is 15.3. The molecule has 2 aliphatic rings. The maximum Gasteiger partial charge on any atom is 0.0139 e. The van der Waals surface area contributed by atoms with Gasteiger partial charge in [0.05, 0.1) is 0 Å². The van der Waals surface area contributed by atoms with Crippen LogP contribution < -0.4 is 5.73 Å². The predicted octanol–water partition coefficient (Wildman–Crippen LogP) is 1.45. The van der Waals surface area contributed by atoms with Crippen molar-refractivity contribution in [2.75, 3.05) is 6.54 Å². The molecule has 1 saturated heterocycles. The van der Waals surface area contributed by atoms with Crippen LogP contribution in [0.5, 0.6) is 0 Å². The van der Waals surface area contributed by atoms with Gasteiger partial charge in [-0.3, -0.25) is 4.90 Å². The molecule has 1 heterocycles. The van der Waals surface area contributed by atoms with Gasteiger partial charge in [-0.2, -0.15) is 0 Å². The summed E-state index contributed by atoms with van der Waals surface area (Å²) in [4.78, 5) is 2.68. The van der Waals surface area contributed by atoms with E-state index in [1.54, 1.807) is 0 Å². The first-order valence-electron chi connectivity index (χ1n) is 5.45. The van der Waals surface area contributed by atoms with Crippen molar-refractivity contribution in [2.45, 2.75) is 51.7 Å². The highest BCUT2D eigenvalue weighted by Crippen LogP contribution is 2.53. The molecule has 0 radical (unpaired) electrons. The number of fused-ring (bicyclic) bond motifs is 1. The molecule has 13 heavy (non-hydrogen) atoms. The third-order valence-corrected chi connectivity index (χ3v) is 3.82. The first-order chi connectivity index (χ1) is 5.96. The van der Waals surface area contributed by atoms with Crippen LogP contribution in [-0.4, -0.2) is 29.1 Å². The second-order valence-electron chi connectivity index (χ2n) is 5.69. The molecule has 2 N–H and O–H groups in total. The fourth-order valence-electron chi connectivity index (χ4n) is 3.33. The lowest BCUT2D eigenvalue weighted by Gasteiger charge is -2.39. The van der Waals surface area contributed by atoms with Crippen LogP contribution in [0.2, 0.25) is 0 Å². The second-order valence-corrected chi connectivity index (χ2v) is 5.69. The third-order valence-electron chi connectivity index (χ3n) is 3.82. The molecule has 1 saturated carbocycles. The van der Waals surface area contributed by atoms with Gasteiger partial charge in [0.25, 0.3) is 0 Å². The average molecular weight is 182 g/mol. The Bertz CT molecular complexity index is 207. The van der Waals surface area contributed by atoms with Crippen molar-refractivity contribution < 1.29 is 0 Å². The quantitative estimate of drug-likeness (QED) is 0.665. The smallest absolute Gasteiger partial charge is 0.0139 e. The summed E-state index contributed by atoms with van der Waals surface area (Å²) in [6, 6.07) is 1.54. The molecule has 2 heteroatoms. The molecule has 2 rings (SSSR count). The summed E-state index contributed by atoms with van der Waals surface area (Å²) in [6.07, 6.45) is 1.39. The molecule has 1 aliphatic heterocycles. The van der Waals surface area contributed by atoms with Gasteiger partial charge in [0, 0.05) is 17.6 Å². The Labute approximate surface area is 81.5 Å². The SMILES string of the molecule is C[C@@H]1C(CN)[C@H]2CC2N1C(C)(C)C. The lowest BCUT2D eigenvalue weighted by atomic mass is 9.95. The second kappa shape index (κ2) is 2.71. The van der Waals surface area contributed by atoms with E-state index >= 15 is 0 Å². The van der Waals surface area contributed by atoms with Gasteiger partial charge in [0.1, 0.15) is 0 Å². The van der Waals surface area contributed by atoms with Crippen LogP contribution in [0.3, 0.4) is 0 Å². The standard InChI is InChI=1S/C11H22N2/c1-7-9(6-12)8-5-10(8)13(7)11(2,3)4/h7-10H,5-6,12H2,1-4H3/t7-,8-,9?,10?/m1/s1. The largest absolute Gasteiger partial charge is 0.330 e. The van der Waals surface area contributed by atoms with Crippen LogP contribution in [0.15, 0.2) is 0 Å². The minimum absolute atomic E-state index is 0.322. The maximum absolute atomic E-state index is 5.82. The molecule has 0 bridgehead atoms. The molecule has 0 aromatic carbocycles. The van der Waals surface area contributed by atoms with Gasteiger partial charge in [-0.1, -0.05) is 0 Å². The molecular formula is C11H22N2. The summed E-state index contributed by atoms with van der Waals surface area (Å²) >= 11 is 0. The van der Waals surface area contributed by atoms with Crippen LogP contribution in [-0.2, 0) is 0 Å². The average Bonchev–Trinajstić information content (AvgIpc) is 2.63. The van der Waals surface area contributed by atoms with Crippen LogP contribution in [0.4, 0.5) is 0 Å². The summed E-state index contributed by atoms with van der Waals surface area (Å²) in [5, 5.41) is 0. The number of piperidine rings is 1. The Hall–Kier alpha value is -0.0800. The molecule has 76 valence electrons. The van der Waals surface area contributed by atoms with E-state index in [1.807, 2.05) is 0 Å². The van der Waals surface area contributed by atoms with Crippen LogP contribution >= 0.6 is 0 Å². The monoisotopic (exact) mass is 182 g/mol. The normalized spacial score (nSPS) is 45.0. The van der Waals surface area contributed by atoms with Crippen molar-refractivity contribution in [2.24, 2.45) is 17.6 Å². The molecule has 0 spiro atoms.